The third kappa shape index (κ3) is 2.64. The Labute approximate surface area is 113 Å². The number of hydrogen-bond acceptors (Lipinski definition) is 6. The van der Waals surface area contributed by atoms with Crippen molar-refractivity contribution in [2.75, 3.05) is 43.9 Å². The fourth-order valence-electron chi connectivity index (χ4n) is 2.78. The number of hydrogen-bond donors (Lipinski definition) is 2. The van der Waals surface area contributed by atoms with Gasteiger partial charge in [0, 0.05) is 44.2 Å². The van der Waals surface area contributed by atoms with Crippen molar-refractivity contribution in [2.24, 2.45) is 5.73 Å². The summed E-state index contributed by atoms with van der Waals surface area (Å²) in [5, 5.41) is 0. The summed E-state index contributed by atoms with van der Waals surface area (Å²) >= 11 is 0. The summed E-state index contributed by atoms with van der Waals surface area (Å²) in [4.78, 5) is 13.4. The lowest BCUT2D eigenvalue weighted by Crippen LogP contribution is -2.45. The molecular formula is C13H22N6. The minimum atomic E-state index is 0.327. The summed E-state index contributed by atoms with van der Waals surface area (Å²) in [5.74, 6) is 1.81. The molecule has 2 fully saturated rings. The molecule has 0 amide bonds. The number of likely N-dealkylation sites (N-methyl/N-ethyl adjacent to an activating group) is 1. The van der Waals surface area contributed by atoms with Crippen LogP contribution in [0.25, 0.3) is 0 Å². The van der Waals surface area contributed by atoms with Crippen LogP contribution in [0.5, 0.6) is 0 Å². The molecule has 1 aliphatic carbocycles. The van der Waals surface area contributed by atoms with Crippen LogP contribution in [0.2, 0.25) is 0 Å². The second-order valence-electron chi connectivity index (χ2n) is 5.73. The van der Waals surface area contributed by atoms with Gasteiger partial charge in [-0.05, 0) is 19.9 Å². The summed E-state index contributed by atoms with van der Waals surface area (Å²) < 4.78 is 0. The maximum atomic E-state index is 5.85. The molecule has 1 saturated heterocycles. The molecule has 3 rings (SSSR count). The first-order chi connectivity index (χ1) is 9.11. The molecule has 1 aromatic heterocycles. The summed E-state index contributed by atoms with van der Waals surface area (Å²) in [6, 6.07) is 2.42. The number of nitrogen functional groups attached to an aromatic ring is 1. The van der Waals surface area contributed by atoms with Gasteiger partial charge in [-0.15, -0.1) is 0 Å². The molecule has 0 spiro atoms. The van der Waals surface area contributed by atoms with Crippen molar-refractivity contribution in [1.82, 2.24) is 14.9 Å². The molecule has 0 radical (unpaired) electrons. The lowest BCUT2D eigenvalue weighted by molar-refractivity contribution is 0.311. The average Bonchev–Trinajstić information content (AvgIpc) is 2.35. The highest BCUT2D eigenvalue weighted by molar-refractivity contribution is 5.45. The Bertz CT molecular complexity index is 448. The minimum Gasteiger partial charge on any atom is -0.368 e. The zero-order chi connectivity index (χ0) is 13.4. The fourth-order valence-corrected chi connectivity index (χ4v) is 2.78. The first kappa shape index (κ1) is 12.6. The molecule has 1 saturated carbocycles. The van der Waals surface area contributed by atoms with Gasteiger partial charge in [-0.1, -0.05) is 0 Å². The van der Waals surface area contributed by atoms with E-state index in [1.54, 1.807) is 0 Å². The topological polar surface area (TPSA) is 84.3 Å². The number of rotatable bonds is 2. The Balaban J connectivity index is 1.77. The minimum absolute atomic E-state index is 0.327. The largest absolute Gasteiger partial charge is 0.368 e. The van der Waals surface area contributed by atoms with E-state index in [1.165, 1.54) is 0 Å². The van der Waals surface area contributed by atoms with Gasteiger partial charge >= 0.3 is 0 Å². The second-order valence-corrected chi connectivity index (χ2v) is 5.73. The van der Waals surface area contributed by atoms with Crippen molar-refractivity contribution in [3.63, 3.8) is 0 Å². The van der Waals surface area contributed by atoms with Gasteiger partial charge in [0.05, 0.1) is 5.69 Å². The van der Waals surface area contributed by atoms with Crippen molar-refractivity contribution in [2.45, 2.75) is 24.8 Å². The van der Waals surface area contributed by atoms with Crippen LogP contribution >= 0.6 is 0 Å². The molecule has 2 aliphatic rings. The molecule has 1 aromatic rings. The summed E-state index contributed by atoms with van der Waals surface area (Å²) in [6.45, 7) is 4.12. The van der Waals surface area contributed by atoms with E-state index in [-0.39, 0.29) is 0 Å². The molecule has 104 valence electrons. The smallest absolute Gasteiger partial charge is 0.222 e. The van der Waals surface area contributed by atoms with Crippen LogP contribution in [-0.2, 0) is 0 Å². The van der Waals surface area contributed by atoms with Gasteiger partial charge in [0.25, 0.3) is 0 Å². The molecule has 6 nitrogen and oxygen atoms in total. The van der Waals surface area contributed by atoms with E-state index >= 15 is 0 Å². The van der Waals surface area contributed by atoms with E-state index in [0.717, 1.165) is 50.5 Å². The predicted molar refractivity (Wildman–Crippen MR) is 76.1 cm³/mol. The van der Waals surface area contributed by atoms with E-state index in [0.29, 0.717) is 17.9 Å². The van der Waals surface area contributed by atoms with E-state index in [4.69, 9.17) is 11.5 Å². The molecule has 6 heteroatoms. The predicted octanol–water partition coefficient (Wildman–Crippen LogP) is 0.0153. The van der Waals surface area contributed by atoms with Gasteiger partial charge in [-0.3, -0.25) is 0 Å². The van der Waals surface area contributed by atoms with Gasteiger partial charge in [0.15, 0.2) is 0 Å². The SMILES string of the molecule is CN1CCN(c2cc(C3CC(N)C3)nc(N)n2)CC1. The molecule has 0 bridgehead atoms. The summed E-state index contributed by atoms with van der Waals surface area (Å²) in [6.07, 6.45) is 2.03. The Morgan fingerprint density at radius 2 is 1.84 bits per heavy atom. The molecule has 0 unspecified atom stereocenters. The van der Waals surface area contributed by atoms with E-state index in [9.17, 15) is 0 Å². The Hall–Kier alpha value is -1.40. The maximum Gasteiger partial charge on any atom is 0.222 e. The van der Waals surface area contributed by atoms with Crippen LogP contribution in [0.15, 0.2) is 6.07 Å². The summed E-state index contributed by atoms with van der Waals surface area (Å²) in [5.41, 5.74) is 12.8. The molecule has 0 aromatic carbocycles. The van der Waals surface area contributed by atoms with Gasteiger partial charge < -0.3 is 21.3 Å². The van der Waals surface area contributed by atoms with E-state index in [2.05, 4.69) is 32.9 Å². The standard InChI is InChI=1S/C13H22N6/c1-18-2-4-19(5-3-18)12-8-11(16-13(15)17-12)9-6-10(14)7-9/h8-10H,2-7,14H2,1H3,(H2,15,16,17). The van der Waals surface area contributed by atoms with Crippen molar-refractivity contribution in [3.05, 3.63) is 11.8 Å². The van der Waals surface area contributed by atoms with Gasteiger partial charge in [-0.25, -0.2) is 4.98 Å². The van der Waals surface area contributed by atoms with Gasteiger partial charge in [0.1, 0.15) is 5.82 Å². The van der Waals surface area contributed by atoms with Crippen LogP contribution in [0.3, 0.4) is 0 Å². The van der Waals surface area contributed by atoms with Crippen LogP contribution in [0.4, 0.5) is 11.8 Å². The van der Waals surface area contributed by atoms with Crippen LogP contribution < -0.4 is 16.4 Å². The molecule has 2 heterocycles. The van der Waals surface area contributed by atoms with Gasteiger partial charge in [0.2, 0.25) is 5.95 Å². The molecule has 19 heavy (non-hydrogen) atoms. The molecule has 1 aliphatic heterocycles. The Kier molecular flexibility index (Phi) is 3.28. The van der Waals surface area contributed by atoms with Crippen molar-refractivity contribution in [1.29, 1.82) is 0 Å². The van der Waals surface area contributed by atoms with Crippen molar-refractivity contribution in [3.8, 4) is 0 Å². The Morgan fingerprint density at radius 3 is 2.47 bits per heavy atom. The molecule has 4 N–H and O–H groups in total. The average molecular weight is 262 g/mol. The van der Waals surface area contributed by atoms with Crippen LogP contribution in [-0.4, -0.2) is 54.1 Å². The quantitative estimate of drug-likeness (QED) is 0.781. The fraction of sp³-hybridized carbons (Fsp3) is 0.692. The zero-order valence-corrected chi connectivity index (χ0v) is 11.4. The monoisotopic (exact) mass is 262 g/mol. The first-order valence-corrected chi connectivity index (χ1v) is 6.95. The van der Waals surface area contributed by atoms with Crippen molar-refractivity contribution < 1.29 is 0 Å². The molecule has 0 atom stereocenters. The first-order valence-electron chi connectivity index (χ1n) is 6.95. The van der Waals surface area contributed by atoms with Crippen LogP contribution in [0.1, 0.15) is 24.5 Å². The highest BCUT2D eigenvalue weighted by Crippen LogP contribution is 2.35. The van der Waals surface area contributed by atoms with Crippen molar-refractivity contribution >= 4 is 11.8 Å². The normalized spacial score (nSPS) is 28.2. The number of aromatic nitrogens is 2. The summed E-state index contributed by atoms with van der Waals surface area (Å²) in [7, 11) is 2.15. The Morgan fingerprint density at radius 1 is 1.16 bits per heavy atom. The maximum absolute atomic E-state index is 5.85. The highest BCUT2D eigenvalue weighted by atomic mass is 15.3. The zero-order valence-electron chi connectivity index (χ0n) is 11.4. The lowest BCUT2D eigenvalue weighted by Gasteiger charge is -2.35. The number of anilines is 2. The van der Waals surface area contributed by atoms with Gasteiger partial charge in [-0.2, -0.15) is 4.98 Å². The molecular weight excluding hydrogens is 240 g/mol. The number of piperazine rings is 1. The number of nitrogens with two attached hydrogens (primary N) is 2. The van der Waals surface area contributed by atoms with Crippen LogP contribution in [0, 0.1) is 0 Å². The third-order valence-electron chi connectivity index (χ3n) is 4.17. The van der Waals surface area contributed by atoms with E-state index < -0.39 is 0 Å². The second kappa shape index (κ2) is 4.94. The van der Waals surface area contributed by atoms with E-state index in [1.807, 2.05) is 0 Å². The lowest BCUT2D eigenvalue weighted by atomic mass is 9.78. The highest BCUT2D eigenvalue weighted by Gasteiger charge is 2.29. The third-order valence-corrected chi connectivity index (χ3v) is 4.17. The number of nitrogens with zero attached hydrogens (tertiary/aromatic N) is 4.